The van der Waals surface area contributed by atoms with Crippen LogP contribution in [0.4, 0.5) is 5.82 Å². The number of amides is 2. The highest BCUT2D eigenvalue weighted by atomic mass is 16.2. The Morgan fingerprint density at radius 3 is 2.60 bits per heavy atom. The predicted octanol–water partition coefficient (Wildman–Crippen LogP) is 1.26. The normalized spacial score (nSPS) is 14.1. The molecular weight excluding hydrogens is 382 g/mol. The first kappa shape index (κ1) is 19.8. The summed E-state index contributed by atoms with van der Waals surface area (Å²) in [6.07, 6.45) is 4.87. The molecule has 3 aromatic rings. The minimum absolute atomic E-state index is 0.0875. The molecule has 0 radical (unpaired) electrons. The molecule has 4 rings (SSSR count). The minimum Gasteiger partial charge on any atom is -0.353 e. The second-order valence-electron chi connectivity index (χ2n) is 7.23. The van der Waals surface area contributed by atoms with Crippen LogP contribution < -0.4 is 10.2 Å². The molecule has 1 aliphatic rings. The molecule has 0 atom stereocenters. The van der Waals surface area contributed by atoms with Crippen LogP contribution in [0.15, 0.2) is 48.8 Å². The molecule has 0 aliphatic carbocycles. The summed E-state index contributed by atoms with van der Waals surface area (Å²) in [4.78, 5) is 33.0. The number of nitrogens with one attached hydrogen (secondary N) is 1. The number of hydrogen-bond donors (Lipinski definition) is 1. The number of hydrogen-bond acceptors (Lipinski definition) is 6. The number of piperazine rings is 1. The van der Waals surface area contributed by atoms with Gasteiger partial charge in [-0.2, -0.15) is 0 Å². The van der Waals surface area contributed by atoms with E-state index in [1.165, 1.54) is 0 Å². The van der Waals surface area contributed by atoms with Crippen molar-refractivity contribution in [3.8, 4) is 0 Å². The maximum absolute atomic E-state index is 12.5. The van der Waals surface area contributed by atoms with Crippen molar-refractivity contribution in [1.29, 1.82) is 0 Å². The van der Waals surface area contributed by atoms with Crippen LogP contribution >= 0.6 is 0 Å². The molecule has 4 heterocycles. The number of pyridine rings is 2. The molecule has 9 heteroatoms. The average molecular weight is 407 g/mol. The van der Waals surface area contributed by atoms with E-state index in [4.69, 9.17) is 0 Å². The molecule has 0 unspecified atom stereocenters. The summed E-state index contributed by atoms with van der Waals surface area (Å²) < 4.78 is 1.84. The Bertz CT molecular complexity index is 997. The van der Waals surface area contributed by atoms with Gasteiger partial charge in [0.1, 0.15) is 5.82 Å². The molecule has 0 aromatic carbocycles. The van der Waals surface area contributed by atoms with Crippen molar-refractivity contribution >= 4 is 23.3 Å². The second-order valence-corrected chi connectivity index (χ2v) is 7.23. The highest BCUT2D eigenvalue weighted by molar-refractivity contribution is 5.79. The highest BCUT2D eigenvalue weighted by Crippen LogP contribution is 2.13. The van der Waals surface area contributed by atoms with E-state index in [1.54, 1.807) is 6.20 Å². The minimum atomic E-state index is -0.0875. The first-order valence-corrected chi connectivity index (χ1v) is 10.2. The van der Waals surface area contributed by atoms with Gasteiger partial charge in [-0.3, -0.25) is 14.0 Å². The predicted molar refractivity (Wildman–Crippen MR) is 112 cm³/mol. The van der Waals surface area contributed by atoms with Crippen LogP contribution in [0.25, 0.3) is 5.65 Å². The summed E-state index contributed by atoms with van der Waals surface area (Å²) in [5.74, 6) is 1.64. The Kier molecular flexibility index (Phi) is 6.17. The molecule has 1 saturated heterocycles. The first-order valence-electron chi connectivity index (χ1n) is 10.2. The maximum atomic E-state index is 12.5. The first-order chi connectivity index (χ1) is 14.7. The fourth-order valence-corrected chi connectivity index (χ4v) is 3.56. The van der Waals surface area contributed by atoms with Crippen LogP contribution in [0.3, 0.4) is 0 Å². The standard InChI is InChI=1S/C21H25N7O2/c29-20(23-16-19-25-24-18-7-2-4-11-28(18)19)8-5-9-21(30)27-14-12-26(13-15-27)17-6-1-3-10-22-17/h1-4,6-7,10-11H,5,8-9,12-16H2,(H,23,29). The Morgan fingerprint density at radius 1 is 0.967 bits per heavy atom. The number of fused-ring (bicyclic) bond motifs is 1. The van der Waals surface area contributed by atoms with Gasteiger partial charge in [-0.25, -0.2) is 4.98 Å². The third kappa shape index (κ3) is 4.73. The lowest BCUT2D eigenvalue weighted by molar-refractivity contribution is -0.131. The monoisotopic (exact) mass is 407 g/mol. The number of nitrogens with zero attached hydrogens (tertiary/aromatic N) is 6. The molecule has 0 saturated carbocycles. The topological polar surface area (TPSA) is 95.7 Å². The zero-order valence-corrected chi connectivity index (χ0v) is 16.8. The number of carbonyl (C=O) groups excluding carboxylic acids is 2. The van der Waals surface area contributed by atoms with Crippen LogP contribution in [0, 0.1) is 0 Å². The molecule has 0 bridgehead atoms. The summed E-state index contributed by atoms with van der Waals surface area (Å²) in [7, 11) is 0. The van der Waals surface area contributed by atoms with Gasteiger partial charge in [0.15, 0.2) is 11.5 Å². The van der Waals surface area contributed by atoms with Gasteiger partial charge in [-0.1, -0.05) is 12.1 Å². The molecule has 1 aliphatic heterocycles. The van der Waals surface area contributed by atoms with E-state index in [-0.39, 0.29) is 11.8 Å². The van der Waals surface area contributed by atoms with Gasteiger partial charge in [0.25, 0.3) is 0 Å². The summed E-state index contributed by atoms with van der Waals surface area (Å²) in [6.45, 7) is 3.22. The van der Waals surface area contributed by atoms with Gasteiger partial charge in [-0.15, -0.1) is 10.2 Å². The van der Waals surface area contributed by atoms with E-state index >= 15 is 0 Å². The summed E-state index contributed by atoms with van der Waals surface area (Å²) in [5, 5.41) is 11.0. The van der Waals surface area contributed by atoms with Gasteiger partial charge >= 0.3 is 0 Å². The Balaban J connectivity index is 1.15. The molecule has 156 valence electrons. The Hall–Kier alpha value is -3.49. The van der Waals surface area contributed by atoms with Crippen molar-refractivity contribution in [3.63, 3.8) is 0 Å². The van der Waals surface area contributed by atoms with Crippen molar-refractivity contribution < 1.29 is 9.59 Å². The number of anilines is 1. The quantitative estimate of drug-likeness (QED) is 0.634. The highest BCUT2D eigenvalue weighted by Gasteiger charge is 2.21. The van der Waals surface area contributed by atoms with Crippen LogP contribution in [0.2, 0.25) is 0 Å². The SMILES string of the molecule is O=C(CCCC(=O)N1CCN(c2ccccn2)CC1)NCc1nnc2ccccn12. The van der Waals surface area contributed by atoms with Crippen LogP contribution in [-0.2, 0) is 16.1 Å². The van der Waals surface area contributed by atoms with Crippen molar-refractivity contribution in [2.75, 3.05) is 31.1 Å². The Morgan fingerprint density at radius 2 is 1.80 bits per heavy atom. The van der Waals surface area contributed by atoms with Gasteiger partial charge in [0.05, 0.1) is 6.54 Å². The zero-order chi connectivity index (χ0) is 20.8. The van der Waals surface area contributed by atoms with E-state index in [1.807, 2.05) is 51.9 Å². The molecule has 30 heavy (non-hydrogen) atoms. The number of carbonyl (C=O) groups is 2. The lowest BCUT2D eigenvalue weighted by atomic mass is 10.2. The number of aromatic nitrogens is 4. The van der Waals surface area contributed by atoms with E-state index in [0.717, 1.165) is 24.6 Å². The van der Waals surface area contributed by atoms with E-state index in [9.17, 15) is 9.59 Å². The van der Waals surface area contributed by atoms with Crippen molar-refractivity contribution in [2.24, 2.45) is 0 Å². The van der Waals surface area contributed by atoms with E-state index < -0.39 is 0 Å². The Labute approximate surface area is 174 Å². The molecular formula is C21H25N7O2. The van der Waals surface area contributed by atoms with Crippen molar-refractivity contribution in [3.05, 3.63) is 54.6 Å². The van der Waals surface area contributed by atoms with Crippen molar-refractivity contribution in [2.45, 2.75) is 25.8 Å². The van der Waals surface area contributed by atoms with Crippen LogP contribution in [-0.4, -0.2) is 62.5 Å². The number of rotatable bonds is 7. The third-order valence-electron chi connectivity index (χ3n) is 5.23. The molecule has 9 nitrogen and oxygen atoms in total. The molecule has 1 N–H and O–H groups in total. The molecule has 1 fully saturated rings. The third-order valence-corrected chi connectivity index (χ3v) is 5.23. The summed E-state index contributed by atoms with van der Waals surface area (Å²) >= 11 is 0. The van der Waals surface area contributed by atoms with Gasteiger partial charge in [0.2, 0.25) is 11.8 Å². The second kappa shape index (κ2) is 9.34. The molecule has 3 aromatic heterocycles. The fraction of sp³-hybridized carbons (Fsp3) is 0.381. The van der Waals surface area contributed by atoms with Crippen molar-refractivity contribution in [1.82, 2.24) is 29.8 Å². The van der Waals surface area contributed by atoms with Crippen LogP contribution in [0.1, 0.15) is 25.1 Å². The smallest absolute Gasteiger partial charge is 0.222 e. The molecule has 0 spiro atoms. The lowest BCUT2D eigenvalue weighted by Crippen LogP contribution is -2.49. The largest absolute Gasteiger partial charge is 0.353 e. The average Bonchev–Trinajstić information content (AvgIpc) is 3.21. The lowest BCUT2D eigenvalue weighted by Gasteiger charge is -2.35. The molecule has 2 amide bonds. The van der Waals surface area contributed by atoms with Gasteiger partial charge in [0, 0.05) is 51.4 Å². The van der Waals surface area contributed by atoms with Crippen LogP contribution in [0.5, 0.6) is 0 Å². The van der Waals surface area contributed by atoms with E-state index in [2.05, 4.69) is 25.4 Å². The van der Waals surface area contributed by atoms with Gasteiger partial charge in [-0.05, 0) is 30.7 Å². The maximum Gasteiger partial charge on any atom is 0.222 e. The summed E-state index contributed by atoms with van der Waals surface area (Å²) in [5.41, 5.74) is 0.746. The summed E-state index contributed by atoms with van der Waals surface area (Å²) in [6, 6.07) is 11.5. The zero-order valence-electron chi connectivity index (χ0n) is 16.8. The van der Waals surface area contributed by atoms with Gasteiger partial charge < -0.3 is 15.1 Å². The van der Waals surface area contributed by atoms with E-state index in [0.29, 0.717) is 44.7 Å². The fourth-order valence-electron chi connectivity index (χ4n) is 3.56.